The van der Waals surface area contributed by atoms with Crippen molar-refractivity contribution in [3.63, 3.8) is 0 Å². The van der Waals surface area contributed by atoms with Gasteiger partial charge < -0.3 is 10.1 Å². The van der Waals surface area contributed by atoms with Gasteiger partial charge in [0.25, 0.3) is 0 Å². The highest BCUT2D eigenvalue weighted by molar-refractivity contribution is 5.37. The van der Waals surface area contributed by atoms with E-state index in [1.54, 1.807) is 7.11 Å². The van der Waals surface area contributed by atoms with Gasteiger partial charge in [0, 0.05) is 12.6 Å². The maximum atomic E-state index is 5.44. The molecule has 2 heteroatoms. The summed E-state index contributed by atoms with van der Waals surface area (Å²) in [5, 5.41) is 3.72. The highest BCUT2D eigenvalue weighted by atomic mass is 16.5. The Balaban J connectivity index is 1.52. The van der Waals surface area contributed by atoms with Gasteiger partial charge in [-0.05, 0) is 48.6 Å². The van der Waals surface area contributed by atoms with Gasteiger partial charge in [0.1, 0.15) is 5.75 Å². The van der Waals surface area contributed by atoms with Crippen molar-refractivity contribution in [2.45, 2.75) is 44.6 Å². The molecule has 1 aromatic rings. The van der Waals surface area contributed by atoms with Crippen LogP contribution in [0.25, 0.3) is 0 Å². The Labute approximate surface area is 110 Å². The lowest BCUT2D eigenvalue weighted by Crippen LogP contribution is -2.42. The summed E-state index contributed by atoms with van der Waals surface area (Å²) in [6.07, 6.45) is 5.33. The number of para-hydroxylation sites is 1. The van der Waals surface area contributed by atoms with Crippen LogP contribution in [0.2, 0.25) is 0 Å². The van der Waals surface area contributed by atoms with Gasteiger partial charge in [0.2, 0.25) is 0 Å². The summed E-state index contributed by atoms with van der Waals surface area (Å²) in [5.41, 5.74) is 2.01. The van der Waals surface area contributed by atoms with Gasteiger partial charge in [-0.1, -0.05) is 25.1 Å². The third-order valence-corrected chi connectivity index (χ3v) is 4.64. The van der Waals surface area contributed by atoms with Crippen molar-refractivity contribution in [3.8, 4) is 5.75 Å². The number of hydrogen-bond donors (Lipinski definition) is 1. The molecule has 2 saturated carbocycles. The van der Waals surface area contributed by atoms with E-state index in [0.29, 0.717) is 11.3 Å². The maximum absolute atomic E-state index is 5.44. The lowest BCUT2D eigenvalue weighted by molar-refractivity contribution is 0.269. The summed E-state index contributed by atoms with van der Waals surface area (Å²) in [4.78, 5) is 0. The molecule has 0 saturated heterocycles. The first-order valence-corrected chi connectivity index (χ1v) is 7.06. The van der Waals surface area contributed by atoms with Gasteiger partial charge in [-0.3, -0.25) is 0 Å². The molecule has 2 fully saturated rings. The van der Waals surface area contributed by atoms with E-state index in [1.165, 1.54) is 37.8 Å². The normalized spacial score (nSPS) is 28.6. The van der Waals surface area contributed by atoms with E-state index >= 15 is 0 Å². The lowest BCUT2D eigenvalue weighted by Gasteiger charge is -2.37. The molecule has 2 aliphatic carbocycles. The predicted octanol–water partition coefficient (Wildman–Crippen LogP) is 3.33. The average molecular weight is 245 g/mol. The number of rotatable bonds is 5. The second kappa shape index (κ2) is 4.58. The van der Waals surface area contributed by atoms with Crippen molar-refractivity contribution in [2.75, 3.05) is 13.7 Å². The molecule has 3 rings (SSSR count). The van der Waals surface area contributed by atoms with E-state index in [2.05, 4.69) is 30.4 Å². The Morgan fingerprint density at radius 3 is 2.67 bits per heavy atom. The molecule has 1 N–H and O–H groups in total. The van der Waals surface area contributed by atoms with Crippen molar-refractivity contribution < 1.29 is 4.74 Å². The van der Waals surface area contributed by atoms with Gasteiger partial charge in [0.15, 0.2) is 0 Å². The molecule has 0 bridgehead atoms. The molecular formula is C16H23NO. The average Bonchev–Trinajstić information content (AvgIpc) is 3.06. The Morgan fingerprint density at radius 1 is 1.28 bits per heavy atom. The number of nitrogens with one attached hydrogen (secondary N) is 1. The first-order chi connectivity index (χ1) is 8.70. The Hall–Kier alpha value is -1.02. The molecule has 0 atom stereocenters. The minimum Gasteiger partial charge on any atom is -0.496 e. The van der Waals surface area contributed by atoms with Crippen LogP contribution in [-0.2, 0) is 0 Å². The maximum Gasteiger partial charge on any atom is 0.122 e. The SMILES string of the molecule is COc1ccccc1C1CC(NCC2(C)CC2)C1. The van der Waals surface area contributed by atoms with Gasteiger partial charge in [-0.2, -0.15) is 0 Å². The topological polar surface area (TPSA) is 21.3 Å². The molecule has 1 aromatic carbocycles. The van der Waals surface area contributed by atoms with Crippen molar-refractivity contribution in [2.24, 2.45) is 5.41 Å². The molecule has 0 aromatic heterocycles. The summed E-state index contributed by atoms with van der Waals surface area (Å²) in [6, 6.07) is 9.16. The zero-order chi connectivity index (χ0) is 12.6. The summed E-state index contributed by atoms with van der Waals surface area (Å²) in [6.45, 7) is 3.59. The summed E-state index contributed by atoms with van der Waals surface area (Å²) < 4.78 is 5.44. The molecule has 98 valence electrons. The van der Waals surface area contributed by atoms with Gasteiger partial charge >= 0.3 is 0 Å². The van der Waals surface area contributed by atoms with Crippen LogP contribution in [-0.4, -0.2) is 19.7 Å². The van der Waals surface area contributed by atoms with Gasteiger partial charge in [-0.15, -0.1) is 0 Å². The summed E-state index contributed by atoms with van der Waals surface area (Å²) in [5.74, 6) is 1.74. The fourth-order valence-electron chi connectivity index (χ4n) is 2.82. The van der Waals surface area contributed by atoms with E-state index in [4.69, 9.17) is 4.74 Å². The molecule has 18 heavy (non-hydrogen) atoms. The Kier molecular flexibility index (Phi) is 3.06. The quantitative estimate of drug-likeness (QED) is 0.859. The van der Waals surface area contributed by atoms with E-state index in [0.717, 1.165) is 11.8 Å². The molecule has 2 nitrogen and oxygen atoms in total. The molecule has 0 aliphatic heterocycles. The molecule has 0 heterocycles. The van der Waals surface area contributed by atoms with Crippen molar-refractivity contribution >= 4 is 0 Å². The number of hydrogen-bond acceptors (Lipinski definition) is 2. The van der Waals surface area contributed by atoms with Crippen molar-refractivity contribution in [1.29, 1.82) is 0 Å². The van der Waals surface area contributed by atoms with Gasteiger partial charge in [-0.25, -0.2) is 0 Å². The zero-order valence-corrected chi connectivity index (χ0v) is 11.4. The third kappa shape index (κ3) is 2.39. The third-order valence-electron chi connectivity index (χ3n) is 4.64. The predicted molar refractivity (Wildman–Crippen MR) is 74.1 cm³/mol. The molecule has 0 radical (unpaired) electrons. The first-order valence-electron chi connectivity index (χ1n) is 7.06. The monoisotopic (exact) mass is 245 g/mol. The smallest absolute Gasteiger partial charge is 0.122 e. The van der Waals surface area contributed by atoms with Crippen LogP contribution < -0.4 is 10.1 Å². The molecular weight excluding hydrogens is 222 g/mol. The van der Waals surface area contributed by atoms with Crippen LogP contribution in [0.5, 0.6) is 5.75 Å². The van der Waals surface area contributed by atoms with E-state index in [1.807, 2.05) is 6.07 Å². The Bertz CT molecular complexity index is 419. The molecule has 0 spiro atoms. The van der Waals surface area contributed by atoms with Crippen molar-refractivity contribution in [3.05, 3.63) is 29.8 Å². The second-order valence-electron chi connectivity index (χ2n) is 6.30. The minimum absolute atomic E-state index is 0.621. The van der Waals surface area contributed by atoms with E-state index < -0.39 is 0 Å². The number of benzene rings is 1. The minimum atomic E-state index is 0.621. The van der Waals surface area contributed by atoms with Crippen molar-refractivity contribution in [1.82, 2.24) is 5.32 Å². The van der Waals surface area contributed by atoms with Crippen LogP contribution in [0, 0.1) is 5.41 Å². The van der Waals surface area contributed by atoms with Crippen LogP contribution in [0.3, 0.4) is 0 Å². The van der Waals surface area contributed by atoms with Crippen LogP contribution in [0.4, 0.5) is 0 Å². The number of ether oxygens (including phenoxy) is 1. The van der Waals surface area contributed by atoms with Crippen LogP contribution in [0.1, 0.15) is 44.1 Å². The van der Waals surface area contributed by atoms with E-state index in [9.17, 15) is 0 Å². The summed E-state index contributed by atoms with van der Waals surface area (Å²) >= 11 is 0. The fourth-order valence-corrected chi connectivity index (χ4v) is 2.82. The largest absolute Gasteiger partial charge is 0.496 e. The zero-order valence-electron chi connectivity index (χ0n) is 11.4. The number of methoxy groups -OCH3 is 1. The fraction of sp³-hybridized carbons (Fsp3) is 0.625. The molecule has 2 aliphatic rings. The van der Waals surface area contributed by atoms with Crippen LogP contribution in [0.15, 0.2) is 24.3 Å². The van der Waals surface area contributed by atoms with Gasteiger partial charge in [0.05, 0.1) is 7.11 Å². The lowest BCUT2D eigenvalue weighted by atomic mass is 9.75. The first kappa shape index (κ1) is 12.0. The molecule has 0 amide bonds. The standard InChI is InChI=1S/C16H23NO/c1-16(7-8-16)11-17-13-9-12(10-13)14-5-3-4-6-15(14)18-2/h3-6,12-13,17H,7-11H2,1-2H3. The highest BCUT2D eigenvalue weighted by Crippen LogP contribution is 2.45. The Morgan fingerprint density at radius 2 is 2.00 bits per heavy atom. The highest BCUT2D eigenvalue weighted by Gasteiger charge is 2.39. The summed E-state index contributed by atoms with van der Waals surface area (Å²) in [7, 11) is 1.77. The molecule has 0 unspecified atom stereocenters. The second-order valence-corrected chi connectivity index (χ2v) is 6.30. The van der Waals surface area contributed by atoms with Crippen LogP contribution >= 0.6 is 0 Å². The van der Waals surface area contributed by atoms with E-state index in [-0.39, 0.29) is 0 Å².